The number of rotatable bonds is 2. The van der Waals surface area contributed by atoms with E-state index in [1.165, 1.54) is 12.3 Å². The van der Waals surface area contributed by atoms with Crippen LogP contribution in [-0.4, -0.2) is 18.4 Å². The zero-order chi connectivity index (χ0) is 14.0. The highest BCUT2D eigenvalue weighted by Crippen LogP contribution is 2.12. The average Bonchev–Trinajstić information content (AvgIpc) is 2.30. The summed E-state index contributed by atoms with van der Waals surface area (Å²) in [5.41, 5.74) is 1.62. The number of primary sulfonamides is 1. The monoisotopic (exact) mass is 279 g/mol. The second kappa shape index (κ2) is 4.87. The molecule has 0 saturated heterocycles. The lowest BCUT2D eigenvalue weighted by atomic mass is 10.2. The van der Waals surface area contributed by atoms with Gasteiger partial charge in [0.1, 0.15) is 4.90 Å². The molecule has 0 radical (unpaired) electrons. The summed E-state index contributed by atoms with van der Waals surface area (Å²) in [7, 11) is -3.96. The SMILES string of the molecule is Cc1cccc(N=c2ccn(O)cc2S(N)(=O)=O)c1. The Morgan fingerprint density at radius 3 is 2.68 bits per heavy atom. The molecule has 19 heavy (non-hydrogen) atoms. The number of hydrogen-bond donors (Lipinski definition) is 2. The van der Waals surface area contributed by atoms with Crippen molar-refractivity contribution >= 4 is 15.7 Å². The first kappa shape index (κ1) is 13.3. The van der Waals surface area contributed by atoms with Crippen LogP contribution in [0.3, 0.4) is 0 Å². The van der Waals surface area contributed by atoms with Crippen LogP contribution in [0.1, 0.15) is 5.56 Å². The second-order valence-corrected chi connectivity index (χ2v) is 5.60. The lowest BCUT2D eigenvalue weighted by molar-refractivity contribution is 0.181. The summed E-state index contributed by atoms with van der Waals surface area (Å²) in [5, 5.41) is 14.5. The highest BCUT2D eigenvalue weighted by atomic mass is 32.2. The fourth-order valence-electron chi connectivity index (χ4n) is 1.61. The molecule has 0 bridgehead atoms. The van der Waals surface area contributed by atoms with E-state index in [1.807, 2.05) is 25.1 Å². The molecule has 0 unspecified atom stereocenters. The number of benzene rings is 1. The largest absolute Gasteiger partial charge is 0.429 e. The summed E-state index contributed by atoms with van der Waals surface area (Å²) in [6.07, 6.45) is 2.28. The Morgan fingerprint density at radius 2 is 2.05 bits per heavy atom. The van der Waals surface area contributed by atoms with Gasteiger partial charge in [-0.3, -0.25) is 0 Å². The highest BCUT2D eigenvalue weighted by molar-refractivity contribution is 7.89. The summed E-state index contributed by atoms with van der Waals surface area (Å²) in [6.45, 7) is 1.91. The summed E-state index contributed by atoms with van der Waals surface area (Å²) in [4.78, 5) is 3.99. The third-order valence-corrected chi connectivity index (χ3v) is 3.37. The molecule has 0 atom stereocenters. The molecular formula is C12H13N3O3S. The molecular weight excluding hydrogens is 266 g/mol. The fraction of sp³-hybridized carbons (Fsp3) is 0.0833. The van der Waals surface area contributed by atoms with Crippen LogP contribution < -0.4 is 10.5 Å². The zero-order valence-corrected chi connectivity index (χ0v) is 11.0. The van der Waals surface area contributed by atoms with Crippen molar-refractivity contribution in [2.75, 3.05) is 0 Å². The number of pyridine rings is 1. The maximum absolute atomic E-state index is 11.5. The Bertz CT molecular complexity index is 779. The minimum atomic E-state index is -3.96. The first-order chi connectivity index (χ1) is 8.86. The fourth-order valence-corrected chi connectivity index (χ4v) is 2.27. The first-order valence-electron chi connectivity index (χ1n) is 5.42. The quantitative estimate of drug-likeness (QED) is 0.799. The van der Waals surface area contributed by atoms with Crippen LogP contribution in [-0.2, 0) is 10.0 Å². The van der Waals surface area contributed by atoms with Crippen molar-refractivity contribution in [2.24, 2.45) is 10.1 Å². The van der Waals surface area contributed by atoms with E-state index in [9.17, 15) is 13.6 Å². The maximum atomic E-state index is 11.5. The van der Waals surface area contributed by atoms with E-state index < -0.39 is 10.0 Å². The van der Waals surface area contributed by atoms with Crippen molar-refractivity contribution in [1.29, 1.82) is 0 Å². The molecule has 2 aromatic rings. The van der Waals surface area contributed by atoms with E-state index in [0.29, 0.717) is 10.4 Å². The van der Waals surface area contributed by atoms with E-state index in [4.69, 9.17) is 5.14 Å². The number of nitrogens with zero attached hydrogens (tertiary/aromatic N) is 2. The molecule has 6 nitrogen and oxygen atoms in total. The molecule has 0 saturated carbocycles. The number of nitrogens with two attached hydrogens (primary N) is 1. The van der Waals surface area contributed by atoms with Crippen molar-refractivity contribution in [3.8, 4) is 0 Å². The Hall–Kier alpha value is -2.12. The van der Waals surface area contributed by atoms with Crippen molar-refractivity contribution in [1.82, 2.24) is 4.73 Å². The molecule has 2 rings (SSSR count). The van der Waals surface area contributed by atoms with E-state index in [-0.39, 0.29) is 10.3 Å². The molecule has 1 heterocycles. The van der Waals surface area contributed by atoms with Gasteiger partial charge < -0.3 is 5.21 Å². The van der Waals surface area contributed by atoms with Crippen molar-refractivity contribution in [3.63, 3.8) is 0 Å². The van der Waals surface area contributed by atoms with Crippen molar-refractivity contribution in [2.45, 2.75) is 11.8 Å². The molecule has 0 fully saturated rings. The molecule has 0 aliphatic heterocycles. The van der Waals surface area contributed by atoms with Gasteiger partial charge in [-0.15, -0.1) is 0 Å². The minimum absolute atomic E-state index is 0.179. The minimum Gasteiger partial charge on any atom is -0.429 e. The third kappa shape index (κ3) is 3.21. The molecule has 3 N–H and O–H groups in total. The molecule has 0 aliphatic rings. The average molecular weight is 279 g/mol. The van der Waals surface area contributed by atoms with Crippen LogP contribution in [0, 0.1) is 6.92 Å². The van der Waals surface area contributed by atoms with Gasteiger partial charge >= 0.3 is 0 Å². The smallest absolute Gasteiger partial charge is 0.241 e. The van der Waals surface area contributed by atoms with Gasteiger partial charge in [-0.25, -0.2) is 23.3 Å². The second-order valence-electron chi connectivity index (χ2n) is 4.07. The zero-order valence-electron chi connectivity index (χ0n) is 10.2. The number of aryl methyl sites for hydroxylation is 1. The summed E-state index contributed by atoms with van der Waals surface area (Å²) in [6, 6.07) is 8.67. The van der Waals surface area contributed by atoms with E-state index in [2.05, 4.69) is 4.99 Å². The normalized spacial score (nSPS) is 12.6. The summed E-state index contributed by atoms with van der Waals surface area (Å²) < 4.78 is 23.5. The van der Waals surface area contributed by atoms with Gasteiger partial charge in [0.2, 0.25) is 10.0 Å². The van der Waals surface area contributed by atoms with Crippen LogP contribution in [0.25, 0.3) is 0 Å². The first-order valence-corrected chi connectivity index (χ1v) is 6.97. The highest BCUT2D eigenvalue weighted by Gasteiger charge is 2.11. The Balaban J connectivity index is 2.69. The summed E-state index contributed by atoms with van der Waals surface area (Å²) in [5.74, 6) is 0. The van der Waals surface area contributed by atoms with Gasteiger partial charge in [-0.05, 0) is 30.7 Å². The summed E-state index contributed by atoms with van der Waals surface area (Å²) >= 11 is 0. The molecule has 1 aromatic carbocycles. The lowest BCUT2D eigenvalue weighted by Gasteiger charge is -2.03. The Kier molecular flexibility index (Phi) is 3.41. The van der Waals surface area contributed by atoms with E-state index in [0.717, 1.165) is 11.8 Å². The molecule has 7 heteroatoms. The molecule has 0 amide bonds. The van der Waals surface area contributed by atoms with Crippen LogP contribution in [0.5, 0.6) is 0 Å². The maximum Gasteiger partial charge on any atom is 0.241 e. The topological polar surface area (TPSA) is 97.7 Å². The van der Waals surface area contributed by atoms with Gasteiger partial charge in [0.25, 0.3) is 0 Å². The molecule has 0 spiro atoms. The predicted octanol–water partition coefficient (Wildman–Crippen LogP) is 0.914. The van der Waals surface area contributed by atoms with Gasteiger partial charge in [0.15, 0.2) is 0 Å². The van der Waals surface area contributed by atoms with Gasteiger partial charge in [0, 0.05) is 6.20 Å². The van der Waals surface area contributed by atoms with E-state index in [1.54, 1.807) is 6.07 Å². The van der Waals surface area contributed by atoms with Gasteiger partial charge in [-0.1, -0.05) is 12.1 Å². The van der Waals surface area contributed by atoms with Crippen molar-refractivity contribution < 1.29 is 13.6 Å². The van der Waals surface area contributed by atoms with Crippen molar-refractivity contribution in [3.05, 3.63) is 53.6 Å². The number of hydrogen-bond acceptors (Lipinski definition) is 4. The Labute approximate surface area is 110 Å². The number of aromatic nitrogens is 1. The third-order valence-electron chi connectivity index (χ3n) is 2.44. The molecule has 100 valence electrons. The van der Waals surface area contributed by atoms with E-state index >= 15 is 0 Å². The van der Waals surface area contributed by atoms with Gasteiger partial charge in [-0.2, -0.15) is 0 Å². The molecule has 1 aromatic heterocycles. The van der Waals surface area contributed by atoms with Crippen LogP contribution in [0.15, 0.2) is 52.6 Å². The Morgan fingerprint density at radius 1 is 1.32 bits per heavy atom. The standard InChI is InChI=1S/C12H13N3O3S/c1-9-3-2-4-10(7-9)14-11-5-6-15(16)8-12(11)19(13,17)18/h2-8,16H,1H3,(H2,13,17,18). The van der Waals surface area contributed by atoms with Crippen LogP contribution in [0.2, 0.25) is 0 Å². The molecule has 0 aliphatic carbocycles. The predicted molar refractivity (Wildman–Crippen MR) is 69.4 cm³/mol. The lowest BCUT2D eigenvalue weighted by Crippen LogP contribution is -2.23. The van der Waals surface area contributed by atoms with Gasteiger partial charge in [0.05, 0.1) is 17.2 Å². The number of sulfonamides is 1. The van der Waals surface area contributed by atoms with Crippen LogP contribution >= 0.6 is 0 Å². The van der Waals surface area contributed by atoms with Crippen LogP contribution in [0.4, 0.5) is 5.69 Å².